The highest BCUT2D eigenvalue weighted by atomic mass is 19.1. The van der Waals surface area contributed by atoms with Crippen molar-refractivity contribution in [3.8, 4) is 0 Å². The van der Waals surface area contributed by atoms with E-state index < -0.39 is 23.0 Å². The van der Waals surface area contributed by atoms with E-state index in [1.807, 2.05) is 6.92 Å². The Labute approximate surface area is 115 Å². The molecule has 0 aliphatic heterocycles. The maximum Gasteiger partial charge on any atom is 0.176 e. The van der Waals surface area contributed by atoms with Crippen LogP contribution in [-0.4, -0.2) is 20.5 Å². The van der Waals surface area contributed by atoms with Crippen LogP contribution < -0.4 is 0 Å². The summed E-state index contributed by atoms with van der Waals surface area (Å²) >= 11 is 0. The number of hydrogen-bond acceptors (Lipinski definition) is 3. The van der Waals surface area contributed by atoms with Crippen LogP contribution in [0.15, 0.2) is 18.5 Å². The van der Waals surface area contributed by atoms with Crippen LogP contribution in [0.2, 0.25) is 0 Å². The zero-order chi connectivity index (χ0) is 14.7. The summed E-state index contributed by atoms with van der Waals surface area (Å²) in [7, 11) is 0. The summed E-state index contributed by atoms with van der Waals surface area (Å²) in [6.07, 6.45) is 2.00. The van der Waals surface area contributed by atoms with E-state index >= 15 is 0 Å². The highest BCUT2D eigenvalue weighted by Gasteiger charge is 2.21. The van der Waals surface area contributed by atoms with Crippen LogP contribution in [0.3, 0.4) is 0 Å². The van der Waals surface area contributed by atoms with Gasteiger partial charge >= 0.3 is 0 Å². The van der Waals surface area contributed by atoms with Crippen molar-refractivity contribution in [1.82, 2.24) is 14.8 Å². The minimum Gasteiger partial charge on any atom is -0.293 e. The molecule has 0 saturated heterocycles. The molecule has 0 bridgehead atoms. The molecule has 6 heteroatoms. The Morgan fingerprint density at radius 3 is 2.80 bits per heavy atom. The second kappa shape index (κ2) is 5.90. The van der Waals surface area contributed by atoms with Gasteiger partial charge in [-0.2, -0.15) is 5.10 Å². The minimum absolute atomic E-state index is 0.169. The maximum atomic E-state index is 13.9. The Morgan fingerprint density at radius 1 is 1.35 bits per heavy atom. The second-order valence-corrected chi connectivity index (χ2v) is 4.55. The van der Waals surface area contributed by atoms with Crippen molar-refractivity contribution in [2.45, 2.75) is 33.2 Å². The molecule has 20 heavy (non-hydrogen) atoms. The molecule has 1 aromatic carbocycles. The molecule has 1 aromatic heterocycles. The van der Waals surface area contributed by atoms with E-state index in [1.165, 1.54) is 19.3 Å². The van der Waals surface area contributed by atoms with Gasteiger partial charge < -0.3 is 0 Å². The second-order valence-electron chi connectivity index (χ2n) is 4.55. The number of hydrogen-bond donors (Lipinski definition) is 0. The van der Waals surface area contributed by atoms with Crippen LogP contribution in [0.4, 0.5) is 8.78 Å². The fourth-order valence-electron chi connectivity index (χ4n) is 1.97. The summed E-state index contributed by atoms with van der Waals surface area (Å²) < 4.78 is 29.1. The highest BCUT2D eigenvalue weighted by Crippen LogP contribution is 2.18. The average molecular weight is 279 g/mol. The normalized spacial score (nSPS) is 10.8. The molecule has 2 aromatic rings. The van der Waals surface area contributed by atoms with Gasteiger partial charge in [0, 0.05) is 6.54 Å². The van der Waals surface area contributed by atoms with Crippen LogP contribution in [0, 0.1) is 18.6 Å². The first-order chi connectivity index (χ1) is 9.54. The number of benzene rings is 1. The number of halogens is 2. The van der Waals surface area contributed by atoms with Crippen LogP contribution in [0.25, 0.3) is 0 Å². The number of aromatic nitrogens is 3. The van der Waals surface area contributed by atoms with E-state index in [4.69, 9.17) is 0 Å². The number of nitrogens with zero attached hydrogens (tertiary/aromatic N) is 3. The van der Waals surface area contributed by atoms with Crippen LogP contribution in [0.1, 0.15) is 35.1 Å². The number of carbonyl (C=O) groups is 1. The smallest absolute Gasteiger partial charge is 0.176 e. The van der Waals surface area contributed by atoms with E-state index in [2.05, 4.69) is 10.1 Å². The number of rotatable bonds is 5. The molecular formula is C14H15F2N3O. The number of Topliss-reactive ketones (excluding diaryl/α,β-unsaturated/α-hetero) is 1. The van der Waals surface area contributed by atoms with Gasteiger partial charge in [-0.25, -0.2) is 18.4 Å². The van der Waals surface area contributed by atoms with E-state index in [0.29, 0.717) is 12.4 Å². The fourth-order valence-corrected chi connectivity index (χ4v) is 1.97. The van der Waals surface area contributed by atoms with Crippen molar-refractivity contribution >= 4 is 5.78 Å². The van der Waals surface area contributed by atoms with Crippen molar-refractivity contribution in [3.05, 3.63) is 47.0 Å². The summed E-state index contributed by atoms with van der Waals surface area (Å²) in [6, 6.07) is 2.41. The zero-order valence-corrected chi connectivity index (χ0v) is 11.4. The molecule has 4 nitrogen and oxygen atoms in total. The average Bonchev–Trinajstić information content (AvgIpc) is 2.82. The highest BCUT2D eigenvalue weighted by molar-refractivity contribution is 5.97. The number of carbonyl (C=O) groups excluding carboxylic acids is 1. The minimum atomic E-state index is -0.848. The Hall–Kier alpha value is -2.11. The first kappa shape index (κ1) is 14.3. The van der Waals surface area contributed by atoms with Gasteiger partial charge in [0.05, 0.1) is 12.0 Å². The van der Waals surface area contributed by atoms with Crippen molar-refractivity contribution in [1.29, 1.82) is 0 Å². The van der Waals surface area contributed by atoms with Crippen molar-refractivity contribution in [2.24, 2.45) is 0 Å². The monoisotopic (exact) mass is 279 g/mol. The molecule has 0 spiro atoms. The van der Waals surface area contributed by atoms with Crippen molar-refractivity contribution in [2.75, 3.05) is 0 Å². The largest absolute Gasteiger partial charge is 0.293 e. The standard InChI is InChI=1S/C14H15F2N3O/c1-3-6-19-12(17-8-18-19)7-11(20)13-10(15)5-4-9(2)14(13)16/h4-5,8H,3,6-7H2,1-2H3. The molecule has 0 N–H and O–H groups in total. The van der Waals surface area contributed by atoms with Gasteiger partial charge in [0.2, 0.25) is 0 Å². The Morgan fingerprint density at radius 2 is 2.10 bits per heavy atom. The van der Waals surface area contributed by atoms with E-state index in [0.717, 1.165) is 12.5 Å². The molecule has 0 atom stereocenters. The van der Waals surface area contributed by atoms with Gasteiger partial charge in [0.15, 0.2) is 5.78 Å². The molecule has 0 radical (unpaired) electrons. The molecule has 0 amide bonds. The van der Waals surface area contributed by atoms with Crippen LogP contribution >= 0.6 is 0 Å². The quantitative estimate of drug-likeness (QED) is 0.791. The number of ketones is 1. The summed E-state index contributed by atoms with van der Waals surface area (Å²) in [5.41, 5.74) is -0.263. The molecule has 0 unspecified atom stereocenters. The SMILES string of the molecule is CCCn1ncnc1CC(=O)c1c(F)ccc(C)c1F. The third-order valence-electron chi connectivity index (χ3n) is 3.01. The lowest BCUT2D eigenvalue weighted by atomic mass is 10.0. The lowest BCUT2D eigenvalue weighted by Gasteiger charge is -2.07. The third kappa shape index (κ3) is 2.74. The van der Waals surface area contributed by atoms with Gasteiger partial charge in [0.25, 0.3) is 0 Å². The third-order valence-corrected chi connectivity index (χ3v) is 3.01. The first-order valence-corrected chi connectivity index (χ1v) is 6.39. The van der Waals surface area contributed by atoms with Crippen molar-refractivity contribution < 1.29 is 13.6 Å². The predicted molar refractivity (Wildman–Crippen MR) is 69.4 cm³/mol. The summed E-state index contributed by atoms with van der Waals surface area (Å²) in [5.74, 6) is -1.87. The van der Waals surface area contributed by atoms with Gasteiger partial charge in [0.1, 0.15) is 23.8 Å². The van der Waals surface area contributed by atoms with Gasteiger partial charge in [-0.15, -0.1) is 0 Å². The fraction of sp³-hybridized carbons (Fsp3) is 0.357. The molecule has 106 valence electrons. The Bertz CT molecular complexity index is 637. The summed E-state index contributed by atoms with van der Waals surface area (Å²) in [6.45, 7) is 4.07. The maximum absolute atomic E-state index is 13.9. The zero-order valence-electron chi connectivity index (χ0n) is 11.4. The molecular weight excluding hydrogens is 264 g/mol. The van der Waals surface area contributed by atoms with E-state index in [9.17, 15) is 13.6 Å². The van der Waals surface area contributed by atoms with E-state index in [1.54, 1.807) is 4.68 Å². The van der Waals surface area contributed by atoms with Crippen LogP contribution in [0.5, 0.6) is 0 Å². The Balaban J connectivity index is 2.29. The van der Waals surface area contributed by atoms with Gasteiger partial charge in [-0.3, -0.25) is 4.79 Å². The van der Waals surface area contributed by atoms with Gasteiger partial charge in [-0.05, 0) is 25.0 Å². The molecule has 0 saturated carbocycles. The molecule has 0 aliphatic carbocycles. The predicted octanol–water partition coefficient (Wildman–Crippen LogP) is 2.70. The number of aryl methyl sites for hydroxylation is 2. The molecule has 2 rings (SSSR count). The van der Waals surface area contributed by atoms with Gasteiger partial charge in [-0.1, -0.05) is 13.0 Å². The lowest BCUT2D eigenvalue weighted by molar-refractivity contribution is 0.0981. The molecule has 1 heterocycles. The Kier molecular flexibility index (Phi) is 4.22. The molecule has 0 aliphatic rings. The summed E-state index contributed by atoms with van der Waals surface area (Å²) in [5, 5.41) is 3.98. The topological polar surface area (TPSA) is 47.8 Å². The van der Waals surface area contributed by atoms with Crippen LogP contribution in [-0.2, 0) is 13.0 Å². The lowest BCUT2D eigenvalue weighted by Crippen LogP contribution is -2.14. The van der Waals surface area contributed by atoms with E-state index in [-0.39, 0.29) is 12.0 Å². The molecule has 0 fully saturated rings. The van der Waals surface area contributed by atoms with Crippen molar-refractivity contribution in [3.63, 3.8) is 0 Å². The summed E-state index contributed by atoms with van der Waals surface area (Å²) in [4.78, 5) is 16.1. The first-order valence-electron chi connectivity index (χ1n) is 6.39.